The third kappa shape index (κ3) is 1.89. The Morgan fingerprint density at radius 2 is 1.62 bits per heavy atom. The second kappa shape index (κ2) is 5.13. The van der Waals surface area contributed by atoms with Gasteiger partial charge < -0.3 is 4.74 Å². The lowest BCUT2D eigenvalue weighted by Gasteiger charge is -2.16. The molecular weight excluding hydrogens is 311 g/mol. The highest BCUT2D eigenvalue weighted by molar-refractivity contribution is 6.53. The van der Waals surface area contributed by atoms with E-state index in [-0.39, 0.29) is 17.3 Å². The summed E-state index contributed by atoms with van der Waals surface area (Å²) in [5.41, 5.74) is 2.08. The Hall–Kier alpha value is -3.28. The number of hydrogen-bond donors (Lipinski definition) is 0. The zero-order valence-electron chi connectivity index (χ0n) is 12.6. The third-order valence-corrected chi connectivity index (χ3v) is 3.98. The summed E-state index contributed by atoms with van der Waals surface area (Å²) in [6.07, 6.45) is 0. The van der Waals surface area contributed by atoms with Crippen LogP contribution in [-0.2, 0) is 0 Å². The van der Waals surface area contributed by atoms with Crippen molar-refractivity contribution in [2.24, 2.45) is 0 Å². The molecule has 3 aromatic rings. The summed E-state index contributed by atoms with van der Waals surface area (Å²) in [5.74, 6) is -1.55. The summed E-state index contributed by atoms with van der Waals surface area (Å²) < 4.78 is 19.9. The Labute approximate surface area is 136 Å². The molecule has 0 atom stereocenters. The molecule has 0 saturated heterocycles. The van der Waals surface area contributed by atoms with E-state index < -0.39 is 11.6 Å². The van der Waals surface area contributed by atoms with Crippen LogP contribution in [0.4, 0.5) is 4.39 Å². The van der Waals surface area contributed by atoms with E-state index in [1.807, 2.05) is 0 Å². The Morgan fingerprint density at radius 1 is 0.958 bits per heavy atom. The van der Waals surface area contributed by atoms with Gasteiger partial charge in [0.15, 0.2) is 0 Å². The molecule has 0 saturated carbocycles. The van der Waals surface area contributed by atoms with Crippen LogP contribution in [0.3, 0.4) is 0 Å². The van der Waals surface area contributed by atoms with Crippen molar-refractivity contribution >= 4 is 11.6 Å². The molecule has 0 spiro atoms. The van der Waals surface area contributed by atoms with E-state index in [0.29, 0.717) is 22.5 Å². The molecule has 0 radical (unpaired) electrons. The van der Waals surface area contributed by atoms with Crippen LogP contribution in [0, 0.1) is 5.82 Å². The number of carbonyl (C=O) groups excluding carboxylic acids is 2. The quantitative estimate of drug-likeness (QED) is 0.680. The SMILES string of the molecule is COc1nn(-c2ccc(F)cc2)c2c1C(=O)C(=O)c1ccccc1-2. The molecule has 6 heteroatoms. The molecule has 0 fully saturated rings. The number of ketones is 2. The van der Waals surface area contributed by atoms with E-state index in [1.165, 1.54) is 23.9 Å². The van der Waals surface area contributed by atoms with Gasteiger partial charge in [0.1, 0.15) is 11.4 Å². The molecular formula is C18H11FN2O3. The number of nitrogens with zero attached hydrogens (tertiary/aromatic N) is 2. The highest BCUT2D eigenvalue weighted by Crippen LogP contribution is 2.39. The second-order valence-electron chi connectivity index (χ2n) is 5.32. The number of carbonyl (C=O) groups is 2. The number of rotatable bonds is 2. The van der Waals surface area contributed by atoms with Crippen molar-refractivity contribution < 1.29 is 18.7 Å². The fourth-order valence-electron chi connectivity index (χ4n) is 2.89. The van der Waals surface area contributed by atoms with Gasteiger partial charge in [-0.15, -0.1) is 5.10 Å². The van der Waals surface area contributed by atoms with Gasteiger partial charge in [0.05, 0.1) is 18.5 Å². The average molecular weight is 322 g/mol. The molecule has 0 amide bonds. The summed E-state index contributed by atoms with van der Waals surface area (Å²) in [5, 5.41) is 4.29. The van der Waals surface area contributed by atoms with E-state index in [0.717, 1.165) is 0 Å². The van der Waals surface area contributed by atoms with E-state index in [1.54, 1.807) is 36.4 Å². The maximum absolute atomic E-state index is 13.2. The second-order valence-corrected chi connectivity index (χ2v) is 5.32. The smallest absolute Gasteiger partial charge is 0.245 e. The summed E-state index contributed by atoms with van der Waals surface area (Å²) in [6.45, 7) is 0. The van der Waals surface area contributed by atoms with Gasteiger partial charge in [0.2, 0.25) is 17.4 Å². The first kappa shape index (κ1) is 14.3. The Balaban J connectivity index is 2.07. The third-order valence-electron chi connectivity index (χ3n) is 3.98. The van der Waals surface area contributed by atoms with Gasteiger partial charge in [0.25, 0.3) is 0 Å². The molecule has 5 nitrogen and oxygen atoms in total. The molecule has 0 bridgehead atoms. The number of hydrogen-bond acceptors (Lipinski definition) is 4. The van der Waals surface area contributed by atoms with Crippen molar-refractivity contribution in [1.82, 2.24) is 9.78 Å². The minimum Gasteiger partial charge on any atom is -0.479 e. The minimum absolute atomic E-state index is 0.0715. The summed E-state index contributed by atoms with van der Waals surface area (Å²) in [6, 6.07) is 12.5. The predicted octanol–water partition coefficient (Wildman–Crippen LogP) is 3.07. The Kier molecular flexibility index (Phi) is 3.06. The van der Waals surface area contributed by atoms with E-state index in [4.69, 9.17) is 4.74 Å². The van der Waals surface area contributed by atoms with E-state index in [9.17, 15) is 14.0 Å². The summed E-state index contributed by atoms with van der Waals surface area (Å²) in [4.78, 5) is 24.9. The lowest BCUT2D eigenvalue weighted by molar-refractivity contribution is 0.0813. The van der Waals surface area contributed by atoms with Crippen molar-refractivity contribution in [3.63, 3.8) is 0 Å². The van der Waals surface area contributed by atoms with Crippen LogP contribution in [0.25, 0.3) is 16.9 Å². The van der Waals surface area contributed by atoms with Crippen molar-refractivity contribution in [3.8, 4) is 22.8 Å². The first-order valence-electron chi connectivity index (χ1n) is 7.23. The van der Waals surface area contributed by atoms with Crippen LogP contribution in [0.1, 0.15) is 20.7 Å². The topological polar surface area (TPSA) is 61.2 Å². The molecule has 0 aliphatic heterocycles. The van der Waals surface area contributed by atoms with Gasteiger partial charge in [-0.25, -0.2) is 9.07 Å². The number of benzene rings is 2. The van der Waals surface area contributed by atoms with Gasteiger partial charge in [-0.3, -0.25) is 9.59 Å². The van der Waals surface area contributed by atoms with Crippen LogP contribution in [0.2, 0.25) is 0 Å². The minimum atomic E-state index is -0.658. The number of methoxy groups -OCH3 is 1. The number of aromatic nitrogens is 2. The molecule has 1 heterocycles. The van der Waals surface area contributed by atoms with Crippen molar-refractivity contribution in [2.45, 2.75) is 0 Å². The largest absolute Gasteiger partial charge is 0.479 e. The van der Waals surface area contributed by atoms with Gasteiger partial charge in [-0.1, -0.05) is 24.3 Å². The molecule has 0 unspecified atom stereocenters. The monoisotopic (exact) mass is 322 g/mol. The van der Waals surface area contributed by atoms with E-state index in [2.05, 4.69) is 5.10 Å². The predicted molar refractivity (Wildman–Crippen MR) is 84.2 cm³/mol. The number of halogens is 1. The maximum atomic E-state index is 13.2. The average Bonchev–Trinajstić information content (AvgIpc) is 3.00. The molecule has 4 rings (SSSR count). The summed E-state index contributed by atoms with van der Waals surface area (Å²) in [7, 11) is 1.38. The van der Waals surface area contributed by atoms with E-state index >= 15 is 0 Å². The zero-order chi connectivity index (χ0) is 16.8. The molecule has 1 aromatic heterocycles. The molecule has 1 aliphatic rings. The van der Waals surface area contributed by atoms with Crippen LogP contribution in [0.15, 0.2) is 48.5 Å². The first-order chi connectivity index (χ1) is 11.6. The molecule has 24 heavy (non-hydrogen) atoms. The number of fused-ring (bicyclic) bond motifs is 3. The van der Waals surface area contributed by atoms with Gasteiger partial charge >= 0.3 is 0 Å². The van der Waals surface area contributed by atoms with Crippen molar-refractivity contribution in [1.29, 1.82) is 0 Å². The van der Waals surface area contributed by atoms with Crippen LogP contribution in [0.5, 0.6) is 5.88 Å². The van der Waals surface area contributed by atoms with Gasteiger partial charge in [-0.2, -0.15) is 0 Å². The van der Waals surface area contributed by atoms with Gasteiger partial charge in [-0.05, 0) is 24.3 Å². The highest BCUT2D eigenvalue weighted by Gasteiger charge is 2.37. The van der Waals surface area contributed by atoms with Gasteiger partial charge in [0, 0.05) is 11.1 Å². The molecule has 0 N–H and O–H groups in total. The fourth-order valence-corrected chi connectivity index (χ4v) is 2.89. The van der Waals surface area contributed by atoms with Crippen molar-refractivity contribution in [3.05, 3.63) is 65.5 Å². The highest BCUT2D eigenvalue weighted by atomic mass is 19.1. The molecule has 118 valence electrons. The molecule has 1 aliphatic carbocycles. The maximum Gasteiger partial charge on any atom is 0.245 e. The van der Waals surface area contributed by atoms with Crippen LogP contribution in [-0.4, -0.2) is 28.5 Å². The normalized spacial score (nSPS) is 12.8. The van der Waals surface area contributed by atoms with Crippen molar-refractivity contribution in [2.75, 3.05) is 7.11 Å². The number of Topliss-reactive ketones (excluding diaryl/α,β-unsaturated/α-hetero) is 2. The first-order valence-corrected chi connectivity index (χ1v) is 7.23. The molecule has 2 aromatic carbocycles. The Morgan fingerprint density at radius 3 is 2.29 bits per heavy atom. The Bertz CT molecular complexity index is 990. The number of ether oxygens (including phenoxy) is 1. The standard InChI is InChI=1S/C18H11FN2O3/c1-24-18-14-15(21(20-18)11-8-6-10(19)7-9-11)12-4-2-3-5-13(12)16(22)17(14)23/h2-9H,1H3. The lowest BCUT2D eigenvalue weighted by atomic mass is 9.88. The van der Waals surface area contributed by atoms with Crippen LogP contribution < -0.4 is 4.74 Å². The fraction of sp³-hybridized carbons (Fsp3) is 0.0556. The zero-order valence-corrected chi connectivity index (χ0v) is 12.6. The summed E-state index contributed by atoms with van der Waals surface area (Å²) >= 11 is 0. The lowest BCUT2D eigenvalue weighted by Crippen LogP contribution is -2.21. The van der Waals surface area contributed by atoms with Crippen LogP contribution >= 0.6 is 0 Å².